The molecule has 8 nitrogen and oxygen atoms in total. The van der Waals surface area contributed by atoms with E-state index in [4.69, 9.17) is 26.8 Å². The molecule has 0 bridgehead atoms. The number of carbonyl (C=O) groups excluding carboxylic acids is 2. The molecule has 1 saturated carbocycles. The molecule has 0 saturated heterocycles. The zero-order valence-corrected chi connectivity index (χ0v) is 15.1. The number of nitrogens with two attached hydrogens (primary N) is 1. The van der Waals surface area contributed by atoms with Crippen molar-refractivity contribution in [3.05, 3.63) is 22.7 Å². The molecule has 1 aromatic rings. The number of hydrogen-bond acceptors (Lipinski definition) is 5. The molecule has 0 atom stereocenters. The van der Waals surface area contributed by atoms with Gasteiger partial charge in [-0.2, -0.15) is 0 Å². The van der Waals surface area contributed by atoms with E-state index in [-0.39, 0.29) is 22.1 Å². The smallest absolute Gasteiger partial charge is 0.329 e. The number of primary amides is 1. The van der Waals surface area contributed by atoms with Gasteiger partial charge >= 0.3 is 5.97 Å². The summed E-state index contributed by atoms with van der Waals surface area (Å²) in [4.78, 5) is 35.2. The van der Waals surface area contributed by atoms with Crippen LogP contribution in [0.25, 0.3) is 0 Å². The van der Waals surface area contributed by atoms with Gasteiger partial charge in [-0.15, -0.1) is 0 Å². The highest BCUT2D eigenvalue weighted by molar-refractivity contribution is 6.32. The van der Waals surface area contributed by atoms with Crippen LogP contribution in [0.2, 0.25) is 5.02 Å². The molecule has 2 amide bonds. The zero-order chi connectivity index (χ0) is 19.3. The van der Waals surface area contributed by atoms with Crippen LogP contribution in [-0.2, 0) is 9.59 Å². The van der Waals surface area contributed by atoms with Crippen LogP contribution in [0.4, 0.5) is 0 Å². The Morgan fingerprint density at radius 2 is 1.92 bits per heavy atom. The Kier molecular flexibility index (Phi) is 6.31. The van der Waals surface area contributed by atoms with Gasteiger partial charge in [-0.3, -0.25) is 9.59 Å². The van der Waals surface area contributed by atoms with Crippen molar-refractivity contribution in [2.24, 2.45) is 5.73 Å². The number of aliphatic carboxylic acids is 1. The molecule has 0 spiro atoms. The molecule has 0 aliphatic heterocycles. The molecule has 2 rings (SSSR count). The Balaban J connectivity index is 2.27. The maximum Gasteiger partial charge on any atom is 0.329 e. The van der Waals surface area contributed by atoms with Gasteiger partial charge in [-0.05, 0) is 25.0 Å². The van der Waals surface area contributed by atoms with Crippen molar-refractivity contribution in [2.75, 3.05) is 13.7 Å². The molecule has 9 heteroatoms. The number of benzene rings is 1. The third-order valence-electron chi connectivity index (χ3n) is 4.32. The fraction of sp³-hybridized carbons (Fsp3) is 0.471. The number of amides is 2. The molecule has 142 valence electrons. The summed E-state index contributed by atoms with van der Waals surface area (Å²) in [6.07, 6.45) is 3.15. The standard InChI is InChI=1S/C17H21ClN2O6/c1-25-12-8-10(7-11(18)14(12)26-9-13(19)21)15(22)20-17(16(23)24)5-3-2-4-6-17/h7-8H,2-6,9H2,1H3,(H2,19,21)(H,20,22)(H,23,24). The SMILES string of the molecule is COc1cc(C(=O)NC2(C(=O)O)CCCCC2)cc(Cl)c1OCC(N)=O. The van der Waals surface area contributed by atoms with E-state index in [1.165, 1.54) is 19.2 Å². The van der Waals surface area contributed by atoms with E-state index in [1.54, 1.807) is 0 Å². The predicted molar refractivity (Wildman–Crippen MR) is 93.6 cm³/mol. The lowest BCUT2D eigenvalue weighted by molar-refractivity contribution is -0.146. The largest absolute Gasteiger partial charge is 0.493 e. The van der Waals surface area contributed by atoms with E-state index in [1.807, 2.05) is 0 Å². The van der Waals surface area contributed by atoms with Gasteiger partial charge in [0, 0.05) is 5.56 Å². The number of rotatable bonds is 7. The van der Waals surface area contributed by atoms with Crippen LogP contribution in [0.5, 0.6) is 11.5 Å². The maximum absolute atomic E-state index is 12.6. The molecule has 1 fully saturated rings. The second-order valence-electron chi connectivity index (χ2n) is 6.15. The fourth-order valence-electron chi connectivity index (χ4n) is 2.97. The number of carbonyl (C=O) groups is 3. The summed E-state index contributed by atoms with van der Waals surface area (Å²) in [5, 5.41) is 12.3. The van der Waals surface area contributed by atoms with Crippen molar-refractivity contribution in [2.45, 2.75) is 37.6 Å². The summed E-state index contributed by atoms with van der Waals surface area (Å²) in [5.41, 5.74) is 3.89. The van der Waals surface area contributed by atoms with E-state index in [2.05, 4.69) is 5.32 Å². The summed E-state index contributed by atoms with van der Waals surface area (Å²) in [7, 11) is 1.35. The number of halogens is 1. The van der Waals surface area contributed by atoms with Gasteiger partial charge in [0.05, 0.1) is 12.1 Å². The summed E-state index contributed by atoms with van der Waals surface area (Å²) >= 11 is 6.13. The molecule has 0 heterocycles. The Morgan fingerprint density at radius 1 is 1.27 bits per heavy atom. The van der Waals surface area contributed by atoms with Gasteiger partial charge in [-0.1, -0.05) is 30.9 Å². The average molecular weight is 385 g/mol. The summed E-state index contributed by atoms with van der Waals surface area (Å²) in [6.45, 7) is -0.399. The van der Waals surface area contributed by atoms with E-state index in [9.17, 15) is 19.5 Å². The summed E-state index contributed by atoms with van der Waals surface area (Å²) < 4.78 is 10.4. The Bertz CT molecular complexity index is 715. The molecule has 1 aliphatic rings. The molecule has 0 aromatic heterocycles. The molecular weight excluding hydrogens is 364 g/mol. The van der Waals surface area contributed by atoms with Gasteiger partial charge in [0.2, 0.25) is 0 Å². The van der Waals surface area contributed by atoms with Gasteiger partial charge in [0.15, 0.2) is 18.1 Å². The summed E-state index contributed by atoms with van der Waals surface area (Å²) in [5.74, 6) is -2.10. The van der Waals surface area contributed by atoms with Crippen molar-refractivity contribution in [1.82, 2.24) is 5.32 Å². The normalized spacial score (nSPS) is 15.8. The number of nitrogens with one attached hydrogen (secondary N) is 1. The minimum absolute atomic E-state index is 0.0452. The summed E-state index contributed by atoms with van der Waals surface area (Å²) in [6, 6.07) is 2.70. The lowest BCUT2D eigenvalue weighted by Gasteiger charge is -2.34. The van der Waals surface area contributed by atoms with Crippen LogP contribution < -0.4 is 20.5 Å². The number of methoxy groups -OCH3 is 1. The third-order valence-corrected chi connectivity index (χ3v) is 4.60. The van der Waals surface area contributed by atoms with E-state index in [0.29, 0.717) is 12.8 Å². The molecule has 1 aromatic carbocycles. The van der Waals surface area contributed by atoms with Crippen molar-refractivity contribution < 1.29 is 29.0 Å². The first-order chi connectivity index (χ1) is 12.3. The quantitative estimate of drug-likeness (QED) is 0.656. The Morgan fingerprint density at radius 3 is 2.46 bits per heavy atom. The third kappa shape index (κ3) is 4.37. The molecule has 0 radical (unpaired) electrons. The Labute approximate surface area is 155 Å². The molecule has 4 N–H and O–H groups in total. The lowest BCUT2D eigenvalue weighted by atomic mass is 9.81. The number of carboxylic acids is 1. The van der Waals surface area contributed by atoms with Crippen molar-refractivity contribution in [3.63, 3.8) is 0 Å². The molecular formula is C17H21ClN2O6. The van der Waals surface area contributed by atoms with Crippen molar-refractivity contribution in [3.8, 4) is 11.5 Å². The highest BCUT2D eigenvalue weighted by Gasteiger charge is 2.41. The van der Waals surface area contributed by atoms with Crippen LogP contribution in [0.1, 0.15) is 42.5 Å². The minimum Gasteiger partial charge on any atom is -0.493 e. The highest BCUT2D eigenvalue weighted by atomic mass is 35.5. The van der Waals surface area contributed by atoms with Gasteiger partial charge in [-0.25, -0.2) is 4.79 Å². The van der Waals surface area contributed by atoms with Gasteiger partial charge < -0.3 is 25.6 Å². The number of hydrogen-bond donors (Lipinski definition) is 3. The van der Waals surface area contributed by atoms with Crippen LogP contribution >= 0.6 is 11.6 Å². The zero-order valence-electron chi connectivity index (χ0n) is 14.3. The predicted octanol–water partition coefficient (Wildman–Crippen LogP) is 1.73. The second-order valence-corrected chi connectivity index (χ2v) is 6.55. The molecule has 0 unspecified atom stereocenters. The van der Waals surface area contributed by atoms with Crippen molar-refractivity contribution in [1.29, 1.82) is 0 Å². The highest BCUT2D eigenvalue weighted by Crippen LogP contribution is 2.37. The molecule has 1 aliphatic carbocycles. The first-order valence-electron chi connectivity index (χ1n) is 8.13. The number of ether oxygens (including phenoxy) is 2. The van der Waals surface area contributed by atoms with E-state index < -0.39 is 29.9 Å². The fourth-order valence-corrected chi connectivity index (χ4v) is 3.24. The van der Waals surface area contributed by atoms with Crippen molar-refractivity contribution >= 4 is 29.4 Å². The monoisotopic (exact) mass is 384 g/mol. The van der Waals surface area contributed by atoms with Crippen LogP contribution in [-0.4, -0.2) is 42.1 Å². The molecule has 26 heavy (non-hydrogen) atoms. The Hall–Kier alpha value is -2.48. The van der Waals surface area contributed by atoms with Gasteiger partial charge in [0.1, 0.15) is 5.54 Å². The second kappa shape index (κ2) is 8.27. The van der Waals surface area contributed by atoms with Crippen LogP contribution in [0.15, 0.2) is 12.1 Å². The number of carboxylic acid groups (broad SMARTS) is 1. The van der Waals surface area contributed by atoms with E-state index in [0.717, 1.165) is 19.3 Å². The van der Waals surface area contributed by atoms with Crippen LogP contribution in [0.3, 0.4) is 0 Å². The van der Waals surface area contributed by atoms with E-state index >= 15 is 0 Å². The maximum atomic E-state index is 12.6. The average Bonchev–Trinajstić information content (AvgIpc) is 2.60. The first-order valence-corrected chi connectivity index (χ1v) is 8.51. The first kappa shape index (κ1) is 19.8. The van der Waals surface area contributed by atoms with Crippen LogP contribution in [0, 0.1) is 0 Å². The topological polar surface area (TPSA) is 128 Å². The van der Waals surface area contributed by atoms with Gasteiger partial charge in [0.25, 0.3) is 11.8 Å². The minimum atomic E-state index is -1.28. The lowest BCUT2D eigenvalue weighted by Crippen LogP contribution is -2.55.